The van der Waals surface area contributed by atoms with Crippen molar-refractivity contribution in [3.63, 3.8) is 0 Å². The Morgan fingerprint density at radius 1 is 1.38 bits per heavy atom. The molecule has 2 heterocycles. The number of carbonyl (C=O) groups is 1. The first-order valence-electron chi connectivity index (χ1n) is 7.97. The van der Waals surface area contributed by atoms with E-state index < -0.39 is 4.92 Å². The summed E-state index contributed by atoms with van der Waals surface area (Å²) in [6.07, 6.45) is 4.21. The zero-order chi connectivity index (χ0) is 17.4. The van der Waals surface area contributed by atoms with Gasteiger partial charge in [-0.1, -0.05) is 6.92 Å². The van der Waals surface area contributed by atoms with Crippen molar-refractivity contribution in [3.8, 4) is 0 Å². The lowest BCUT2D eigenvalue weighted by atomic mass is 10.0. The number of benzene rings is 1. The second kappa shape index (κ2) is 6.07. The van der Waals surface area contributed by atoms with Crippen LogP contribution in [0, 0.1) is 16.0 Å². The van der Waals surface area contributed by atoms with Gasteiger partial charge in [0, 0.05) is 43.7 Å². The van der Waals surface area contributed by atoms with Crippen LogP contribution < -0.4 is 4.90 Å². The summed E-state index contributed by atoms with van der Waals surface area (Å²) in [5.41, 5.74) is 0.823. The predicted molar refractivity (Wildman–Crippen MR) is 90.3 cm³/mol. The number of rotatable bonds is 4. The number of aromatic nitrogens is 2. The van der Waals surface area contributed by atoms with E-state index in [2.05, 4.69) is 23.7 Å². The minimum Gasteiger partial charge on any atom is -0.363 e. The number of aryl methyl sites for hydroxylation is 1. The van der Waals surface area contributed by atoms with Gasteiger partial charge in [-0.25, -0.2) is 4.98 Å². The van der Waals surface area contributed by atoms with Gasteiger partial charge in [0.1, 0.15) is 5.69 Å². The topological polar surface area (TPSA) is 81.3 Å². The average Bonchev–Trinajstić information content (AvgIpc) is 3.13. The fourth-order valence-electron chi connectivity index (χ4n) is 3.20. The molecule has 0 aliphatic carbocycles. The fraction of sp³-hybridized carbons (Fsp3) is 0.412. The molecule has 1 aliphatic heterocycles. The van der Waals surface area contributed by atoms with Gasteiger partial charge in [0.15, 0.2) is 5.82 Å². The zero-order valence-electron chi connectivity index (χ0n) is 14.0. The van der Waals surface area contributed by atoms with Crippen molar-refractivity contribution in [3.05, 3.63) is 52.1 Å². The Balaban J connectivity index is 2.01. The molecule has 1 aromatic carbocycles. The van der Waals surface area contributed by atoms with E-state index >= 15 is 0 Å². The number of hydrogen-bond acceptors (Lipinski definition) is 5. The summed E-state index contributed by atoms with van der Waals surface area (Å²) in [5, 5.41) is 11.5. The van der Waals surface area contributed by atoms with Gasteiger partial charge in [-0.2, -0.15) is 0 Å². The summed E-state index contributed by atoms with van der Waals surface area (Å²) in [6, 6.07) is 4.93. The van der Waals surface area contributed by atoms with E-state index in [0.717, 1.165) is 13.0 Å². The number of anilines is 1. The molecule has 0 radical (unpaired) electrons. The molecule has 2 aromatic rings. The van der Waals surface area contributed by atoms with E-state index in [1.165, 1.54) is 12.3 Å². The summed E-state index contributed by atoms with van der Waals surface area (Å²) in [6.45, 7) is 5.01. The molecule has 7 heteroatoms. The van der Waals surface area contributed by atoms with E-state index in [-0.39, 0.29) is 28.9 Å². The lowest BCUT2D eigenvalue weighted by molar-refractivity contribution is -0.384. The summed E-state index contributed by atoms with van der Waals surface area (Å²) < 4.78 is 1.60. The van der Waals surface area contributed by atoms with Crippen LogP contribution in [0.1, 0.15) is 36.5 Å². The quantitative estimate of drug-likeness (QED) is 0.490. The second-order valence-electron chi connectivity index (χ2n) is 6.35. The van der Waals surface area contributed by atoms with Gasteiger partial charge in [0.25, 0.3) is 5.69 Å². The molecule has 126 valence electrons. The van der Waals surface area contributed by atoms with Crippen LogP contribution in [0.25, 0.3) is 0 Å². The van der Waals surface area contributed by atoms with E-state index in [0.29, 0.717) is 11.6 Å². The largest absolute Gasteiger partial charge is 0.363 e. The highest BCUT2D eigenvalue weighted by Crippen LogP contribution is 2.36. The van der Waals surface area contributed by atoms with Crippen LogP contribution in [-0.2, 0) is 7.05 Å². The Hall–Kier alpha value is -2.70. The van der Waals surface area contributed by atoms with Crippen molar-refractivity contribution < 1.29 is 9.72 Å². The number of carbonyl (C=O) groups excluding carboxylic acids is 1. The Kier molecular flexibility index (Phi) is 4.09. The lowest BCUT2D eigenvalue weighted by Crippen LogP contribution is -2.29. The van der Waals surface area contributed by atoms with Gasteiger partial charge < -0.3 is 9.47 Å². The van der Waals surface area contributed by atoms with Crippen LogP contribution in [0.4, 0.5) is 11.4 Å². The number of ketones is 1. The highest BCUT2D eigenvalue weighted by molar-refractivity contribution is 6.07. The maximum atomic E-state index is 12.5. The number of nitro benzene ring substituents is 1. The maximum Gasteiger partial charge on any atom is 0.293 e. The molecule has 1 fully saturated rings. The third kappa shape index (κ3) is 2.66. The molecular weight excluding hydrogens is 308 g/mol. The zero-order valence-corrected chi connectivity index (χ0v) is 14.0. The molecule has 2 atom stereocenters. The Morgan fingerprint density at radius 3 is 2.67 bits per heavy atom. The number of nitro groups is 1. The molecule has 3 rings (SSSR count). The number of nitrogens with zero attached hydrogens (tertiary/aromatic N) is 4. The smallest absolute Gasteiger partial charge is 0.293 e. The van der Waals surface area contributed by atoms with Crippen LogP contribution in [0.5, 0.6) is 0 Å². The van der Waals surface area contributed by atoms with E-state index in [4.69, 9.17) is 0 Å². The molecule has 0 bridgehead atoms. The van der Waals surface area contributed by atoms with Gasteiger partial charge in [-0.05, 0) is 31.4 Å². The third-order valence-electron chi connectivity index (χ3n) is 4.91. The van der Waals surface area contributed by atoms with Crippen molar-refractivity contribution in [2.24, 2.45) is 13.0 Å². The van der Waals surface area contributed by atoms with Gasteiger partial charge in [0.2, 0.25) is 5.78 Å². The van der Waals surface area contributed by atoms with E-state index in [1.807, 2.05) is 0 Å². The predicted octanol–water partition coefficient (Wildman–Crippen LogP) is 2.79. The van der Waals surface area contributed by atoms with Crippen LogP contribution in [0.3, 0.4) is 0 Å². The summed E-state index contributed by atoms with van der Waals surface area (Å²) in [5.74, 6) is 0.429. The molecule has 0 N–H and O–H groups in total. The first-order chi connectivity index (χ1) is 11.4. The Labute approximate surface area is 140 Å². The minimum atomic E-state index is -0.416. The molecule has 0 saturated carbocycles. The summed E-state index contributed by atoms with van der Waals surface area (Å²) in [7, 11) is 1.72. The molecule has 1 aliphatic rings. The molecule has 2 unspecified atom stereocenters. The van der Waals surface area contributed by atoms with Crippen molar-refractivity contribution in [1.82, 2.24) is 9.55 Å². The molecule has 0 spiro atoms. The van der Waals surface area contributed by atoms with Crippen LogP contribution in [-0.4, -0.2) is 32.8 Å². The second-order valence-corrected chi connectivity index (χ2v) is 6.35. The van der Waals surface area contributed by atoms with Crippen molar-refractivity contribution >= 4 is 17.2 Å². The SMILES string of the molecule is CC1CCN(c2ccc(C(=O)c3nccn3C)cc2[N+](=O)[O-])C1C. The van der Waals surface area contributed by atoms with Crippen molar-refractivity contribution in [2.45, 2.75) is 26.3 Å². The number of hydrogen-bond donors (Lipinski definition) is 0. The Morgan fingerprint density at radius 2 is 2.12 bits per heavy atom. The maximum absolute atomic E-state index is 12.5. The van der Waals surface area contributed by atoms with Gasteiger partial charge >= 0.3 is 0 Å². The molecule has 0 amide bonds. The average molecular weight is 328 g/mol. The highest BCUT2D eigenvalue weighted by atomic mass is 16.6. The first kappa shape index (κ1) is 16.2. The van der Waals surface area contributed by atoms with Crippen LogP contribution in [0.15, 0.2) is 30.6 Å². The molecule has 1 aromatic heterocycles. The van der Waals surface area contributed by atoms with Gasteiger partial charge in [-0.3, -0.25) is 14.9 Å². The molecule has 7 nitrogen and oxygen atoms in total. The minimum absolute atomic E-state index is 0.0315. The van der Waals surface area contributed by atoms with Gasteiger partial charge in [0.05, 0.1) is 4.92 Å². The third-order valence-corrected chi connectivity index (χ3v) is 4.91. The number of imidazole rings is 1. The summed E-state index contributed by atoms with van der Waals surface area (Å²) >= 11 is 0. The molecule has 1 saturated heterocycles. The normalized spacial score (nSPS) is 20.4. The highest BCUT2D eigenvalue weighted by Gasteiger charge is 2.32. The molecule has 24 heavy (non-hydrogen) atoms. The van der Waals surface area contributed by atoms with Crippen molar-refractivity contribution in [2.75, 3.05) is 11.4 Å². The lowest BCUT2D eigenvalue weighted by Gasteiger charge is -2.25. The summed E-state index contributed by atoms with van der Waals surface area (Å²) in [4.78, 5) is 29.7. The standard InChI is InChI=1S/C17H20N4O3/c1-11-6-8-20(12(11)2)14-5-4-13(10-15(14)21(23)24)16(22)17-18-7-9-19(17)3/h4-5,7,9-12H,6,8H2,1-3H3. The van der Waals surface area contributed by atoms with E-state index in [1.54, 1.807) is 29.9 Å². The first-order valence-corrected chi connectivity index (χ1v) is 7.97. The van der Waals surface area contributed by atoms with E-state index in [9.17, 15) is 14.9 Å². The fourth-order valence-corrected chi connectivity index (χ4v) is 3.20. The molecular formula is C17H20N4O3. The van der Waals surface area contributed by atoms with Gasteiger partial charge in [-0.15, -0.1) is 0 Å². The van der Waals surface area contributed by atoms with Crippen LogP contribution >= 0.6 is 0 Å². The van der Waals surface area contributed by atoms with Crippen molar-refractivity contribution in [1.29, 1.82) is 0 Å². The Bertz CT molecular complexity index is 799. The van der Waals surface area contributed by atoms with Crippen LogP contribution in [0.2, 0.25) is 0 Å². The monoisotopic (exact) mass is 328 g/mol.